The SMILES string of the molecule is CC/C=C/CC/C=C/CC/C=C/C(O)C(COP(=O)(O)OCC[N+](C)(C)C)NC(=O)CCCCCCCCCCCCCCCCCCC/C=C\C/C=C\CCCCCCC. The molecule has 0 aromatic carbocycles. The number of phosphoric ester groups is 1. The molecule has 0 aromatic heterocycles. The summed E-state index contributed by atoms with van der Waals surface area (Å²) in [4.78, 5) is 23.1. The molecule has 0 radical (unpaired) electrons. The van der Waals surface area contributed by atoms with Crippen LogP contribution in [0.2, 0.25) is 0 Å². The van der Waals surface area contributed by atoms with Gasteiger partial charge in [-0.3, -0.25) is 13.8 Å². The van der Waals surface area contributed by atoms with Crippen molar-refractivity contribution in [2.45, 2.75) is 225 Å². The second-order valence-corrected chi connectivity index (χ2v) is 19.6. The molecule has 0 aliphatic carbocycles. The first-order valence-electron chi connectivity index (χ1n) is 25.2. The number of likely N-dealkylation sites (N-methyl/N-ethyl adjacent to an activating group) is 1. The number of unbranched alkanes of at least 4 members (excludes halogenated alkanes) is 24. The van der Waals surface area contributed by atoms with Gasteiger partial charge >= 0.3 is 7.82 Å². The molecule has 0 rings (SSSR count). The number of nitrogens with zero attached hydrogens (tertiary/aromatic N) is 1. The van der Waals surface area contributed by atoms with Gasteiger partial charge in [0.1, 0.15) is 13.2 Å². The summed E-state index contributed by atoms with van der Waals surface area (Å²) in [6.07, 6.45) is 57.6. The van der Waals surface area contributed by atoms with Crippen molar-refractivity contribution in [3.8, 4) is 0 Å². The van der Waals surface area contributed by atoms with E-state index in [2.05, 4.69) is 67.8 Å². The van der Waals surface area contributed by atoms with Crippen LogP contribution in [0, 0.1) is 0 Å². The molecule has 0 fully saturated rings. The maximum Gasteiger partial charge on any atom is 0.472 e. The van der Waals surface area contributed by atoms with Gasteiger partial charge in [0, 0.05) is 6.42 Å². The number of aliphatic hydroxyl groups excluding tert-OH is 1. The molecule has 9 heteroatoms. The lowest BCUT2D eigenvalue weighted by atomic mass is 10.0. The molecule has 1 amide bonds. The fourth-order valence-corrected chi connectivity index (χ4v) is 7.73. The summed E-state index contributed by atoms with van der Waals surface area (Å²) in [6.45, 7) is 4.65. The summed E-state index contributed by atoms with van der Waals surface area (Å²) in [5.41, 5.74) is 0. The third-order valence-corrected chi connectivity index (χ3v) is 11.9. The Kier molecular flexibility index (Phi) is 42.2. The molecule has 0 saturated carbocycles. The summed E-state index contributed by atoms with van der Waals surface area (Å²) in [6, 6.07) is -0.868. The fourth-order valence-electron chi connectivity index (χ4n) is 6.99. The van der Waals surface area contributed by atoms with Crippen molar-refractivity contribution in [2.75, 3.05) is 40.9 Å². The number of carbonyl (C=O) groups is 1. The lowest BCUT2D eigenvalue weighted by Crippen LogP contribution is -2.45. The topological polar surface area (TPSA) is 105 Å². The smallest absolute Gasteiger partial charge is 0.387 e. The molecule has 0 heterocycles. The Morgan fingerprint density at radius 3 is 1.48 bits per heavy atom. The number of hydrogen-bond donors (Lipinski definition) is 3. The first-order valence-corrected chi connectivity index (χ1v) is 26.7. The van der Waals surface area contributed by atoms with Gasteiger partial charge in [0.2, 0.25) is 5.91 Å². The molecular weight excluding hydrogens is 780 g/mol. The number of nitrogens with one attached hydrogen (secondary N) is 1. The average Bonchev–Trinajstić information content (AvgIpc) is 3.21. The molecule has 3 atom stereocenters. The van der Waals surface area contributed by atoms with Gasteiger partial charge in [-0.15, -0.1) is 0 Å². The molecule has 0 aromatic rings. The van der Waals surface area contributed by atoms with E-state index in [0.29, 0.717) is 17.4 Å². The Morgan fingerprint density at radius 2 is 1.00 bits per heavy atom. The number of aliphatic hydroxyl groups is 1. The van der Waals surface area contributed by atoms with E-state index in [1.807, 2.05) is 27.2 Å². The van der Waals surface area contributed by atoms with Crippen LogP contribution in [0.3, 0.4) is 0 Å². The second kappa shape index (κ2) is 43.5. The van der Waals surface area contributed by atoms with E-state index >= 15 is 0 Å². The van der Waals surface area contributed by atoms with Crippen LogP contribution in [0.1, 0.15) is 213 Å². The minimum absolute atomic E-state index is 0.0522. The molecule has 3 N–H and O–H groups in total. The molecule has 0 saturated heterocycles. The van der Waals surface area contributed by atoms with Crippen molar-refractivity contribution in [1.29, 1.82) is 0 Å². The highest BCUT2D eigenvalue weighted by Crippen LogP contribution is 2.43. The van der Waals surface area contributed by atoms with Gasteiger partial charge in [-0.25, -0.2) is 4.57 Å². The Labute approximate surface area is 377 Å². The van der Waals surface area contributed by atoms with E-state index in [1.54, 1.807) is 6.08 Å². The van der Waals surface area contributed by atoms with Crippen molar-refractivity contribution >= 4 is 13.7 Å². The molecule has 61 heavy (non-hydrogen) atoms. The molecule has 8 nitrogen and oxygen atoms in total. The second-order valence-electron chi connectivity index (χ2n) is 18.1. The van der Waals surface area contributed by atoms with E-state index in [0.717, 1.165) is 57.8 Å². The first kappa shape index (κ1) is 59.2. The Bertz CT molecular complexity index is 1180. The monoisotopic (exact) mass is 878 g/mol. The van der Waals surface area contributed by atoms with Crippen LogP contribution in [0.4, 0.5) is 0 Å². The minimum Gasteiger partial charge on any atom is -0.387 e. The van der Waals surface area contributed by atoms with Crippen LogP contribution in [0.25, 0.3) is 0 Å². The number of quaternary nitrogens is 1. The summed E-state index contributed by atoms with van der Waals surface area (Å²) >= 11 is 0. The highest BCUT2D eigenvalue weighted by Gasteiger charge is 2.27. The van der Waals surface area contributed by atoms with E-state index < -0.39 is 20.0 Å². The van der Waals surface area contributed by atoms with E-state index in [9.17, 15) is 19.4 Å². The molecule has 3 unspecified atom stereocenters. The zero-order valence-corrected chi connectivity index (χ0v) is 41.3. The van der Waals surface area contributed by atoms with Crippen LogP contribution >= 0.6 is 7.82 Å². The zero-order valence-electron chi connectivity index (χ0n) is 40.4. The molecule has 0 spiro atoms. The lowest BCUT2D eigenvalue weighted by molar-refractivity contribution is -0.870. The van der Waals surface area contributed by atoms with Crippen molar-refractivity contribution in [1.82, 2.24) is 5.32 Å². The highest BCUT2D eigenvalue weighted by atomic mass is 31.2. The third-order valence-electron chi connectivity index (χ3n) is 10.9. The highest BCUT2D eigenvalue weighted by molar-refractivity contribution is 7.47. The number of allylic oxidation sites excluding steroid dienone is 9. The molecule has 356 valence electrons. The van der Waals surface area contributed by atoms with Crippen molar-refractivity contribution in [3.05, 3.63) is 60.8 Å². The largest absolute Gasteiger partial charge is 0.472 e. The predicted octanol–water partition coefficient (Wildman–Crippen LogP) is 14.6. The summed E-state index contributed by atoms with van der Waals surface area (Å²) < 4.78 is 23.5. The summed E-state index contributed by atoms with van der Waals surface area (Å²) in [5, 5.41) is 13.8. The third kappa shape index (κ3) is 46.0. The summed E-state index contributed by atoms with van der Waals surface area (Å²) in [5.74, 6) is -0.194. The first-order chi connectivity index (χ1) is 29.5. The predicted molar refractivity (Wildman–Crippen MR) is 263 cm³/mol. The average molecular weight is 878 g/mol. The quantitative estimate of drug-likeness (QED) is 0.0244. The van der Waals surface area contributed by atoms with Crippen LogP contribution in [-0.4, -0.2) is 73.4 Å². The Hall–Kier alpha value is -1.80. The van der Waals surface area contributed by atoms with Crippen molar-refractivity contribution in [3.63, 3.8) is 0 Å². The normalized spacial score (nSPS) is 14.7. The van der Waals surface area contributed by atoms with Crippen molar-refractivity contribution < 1.29 is 32.9 Å². The minimum atomic E-state index is -4.35. The maximum absolute atomic E-state index is 12.9. The van der Waals surface area contributed by atoms with Gasteiger partial charge < -0.3 is 19.8 Å². The Balaban J connectivity index is 4.08. The fraction of sp³-hybridized carbons (Fsp3) is 0.788. The number of carbonyl (C=O) groups excluding carboxylic acids is 1. The lowest BCUT2D eigenvalue weighted by Gasteiger charge is -2.25. The van der Waals surface area contributed by atoms with Gasteiger partial charge in [-0.05, 0) is 70.6 Å². The molecule has 0 bridgehead atoms. The number of phosphoric acid groups is 1. The van der Waals surface area contributed by atoms with Crippen LogP contribution < -0.4 is 5.32 Å². The molecular formula is C52H98N2O6P+. The van der Waals surface area contributed by atoms with Gasteiger partial charge in [-0.1, -0.05) is 197 Å². The van der Waals surface area contributed by atoms with Gasteiger partial charge in [-0.2, -0.15) is 0 Å². The molecule has 0 aliphatic heterocycles. The van der Waals surface area contributed by atoms with E-state index in [4.69, 9.17) is 9.05 Å². The maximum atomic E-state index is 12.9. The van der Waals surface area contributed by atoms with Gasteiger partial charge in [0.05, 0.1) is 39.9 Å². The number of hydrogen-bond acceptors (Lipinski definition) is 5. The number of amides is 1. The molecule has 0 aliphatic rings. The van der Waals surface area contributed by atoms with E-state index in [-0.39, 0.29) is 19.1 Å². The Morgan fingerprint density at radius 1 is 0.574 bits per heavy atom. The van der Waals surface area contributed by atoms with E-state index in [1.165, 1.54) is 135 Å². The van der Waals surface area contributed by atoms with Crippen molar-refractivity contribution in [2.24, 2.45) is 0 Å². The van der Waals surface area contributed by atoms with Crippen LogP contribution in [0.5, 0.6) is 0 Å². The van der Waals surface area contributed by atoms with Gasteiger partial charge in [0.25, 0.3) is 0 Å². The van der Waals surface area contributed by atoms with Gasteiger partial charge in [0.15, 0.2) is 0 Å². The van der Waals surface area contributed by atoms with Crippen LogP contribution in [0.15, 0.2) is 60.8 Å². The van der Waals surface area contributed by atoms with Crippen LogP contribution in [-0.2, 0) is 18.4 Å². The number of rotatable bonds is 45. The zero-order chi connectivity index (χ0) is 45.0. The standard InChI is InChI=1S/C52H97N2O6P/c1-6-8-10-12-14-16-18-19-20-21-22-23-24-25-26-27-28-29-30-31-32-33-34-35-36-38-40-42-44-46-52(56)53-50(49-60-61(57,58)59-48-47-54(3,4)5)51(55)45-43-41-39-37-17-15-13-11-9-7-2/h9,11,17-19,21-22,37,43,45,50-51,55H,6-8,10,12-16,20,23-36,38-42,44,46-49H2,1-5H3,(H-,53,56,57,58)/p+1/b11-9+,19-18-,22-21-,37-17+,45-43+. The summed E-state index contributed by atoms with van der Waals surface area (Å²) in [7, 11) is 1.54.